The van der Waals surface area contributed by atoms with Crippen molar-refractivity contribution in [2.75, 3.05) is 47.5 Å². The molecule has 11 heteroatoms. The first-order valence-electron chi connectivity index (χ1n) is 18.3. The molecule has 2 unspecified atom stereocenters. The number of esters is 2. The van der Waals surface area contributed by atoms with Gasteiger partial charge in [-0.15, -0.1) is 0 Å². The fourth-order valence-electron chi connectivity index (χ4n) is 5.10. The van der Waals surface area contributed by atoms with Crippen molar-refractivity contribution in [1.82, 2.24) is 0 Å². The van der Waals surface area contributed by atoms with E-state index in [0.717, 1.165) is 57.1 Å². The molecule has 0 saturated carbocycles. The zero-order valence-corrected chi connectivity index (χ0v) is 31.0. The highest BCUT2D eigenvalue weighted by Crippen LogP contribution is 2.43. The lowest BCUT2D eigenvalue weighted by Gasteiger charge is -2.24. The topological polar surface area (TPSA) is 122 Å². The maximum atomic E-state index is 12.6. The number of likely N-dealkylation sites (N-methyl/N-ethyl adjacent to an activating group) is 1. The molecule has 47 heavy (non-hydrogen) atoms. The molecule has 1 aromatic heterocycles. The number of aryl methyl sites for hydroxylation is 1. The standard InChI is InChI=1S/C36H66NO9P/c1-5-6-7-8-9-10-11-12-13-14-15-18-21-26-35(38)43-31-34(32-45-47(40,41)44-30-28-37(2,3)4)46-36(39)27-22-19-16-17-20-24-33-25-23-29-42-33/h23,25,29,34H,5-22,24,26-28,30-32H2,1-4H3/p+1. The molecule has 0 bridgehead atoms. The monoisotopic (exact) mass is 688 g/mol. The highest BCUT2D eigenvalue weighted by Gasteiger charge is 2.27. The third kappa shape index (κ3) is 27.9. The molecule has 1 aromatic rings. The highest BCUT2D eigenvalue weighted by atomic mass is 31.2. The van der Waals surface area contributed by atoms with Crippen LogP contribution in [0, 0.1) is 0 Å². The summed E-state index contributed by atoms with van der Waals surface area (Å²) in [5.74, 6) is 0.147. The number of furan rings is 1. The predicted molar refractivity (Wildman–Crippen MR) is 186 cm³/mol. The van der Waals surface area contributed by atoms with Crippen molar-refractivity contribution in [2.24, 2.45) is 0 Å². The van der Waals surface area contributed by atoms with Gasteiger partial charge in [0.1, 0.15) is 25.5 Å². The van der Waals surface area contributed by atoms with E-state index in [1.54, 1.807) is 6.26 Å². The number of carbonyl (C=O) groups is 2. The van der Waals surface area contributed by atoms with Crippen molar-refractivity contribution in [3.8, 4) is 0 Å². The van der Waals surface area contributed by atoms with Gasteiger partial charge in [0.2, 0.25) is 0 Å². The summed E-state index contributed by atoms with van der Waals surface area (Å²) in [5, 5.41) is 0. The van der Waals surface area contributed by atoms with E-state index in [0.29, 0.717) is 17.4 Å². The summed E-state index contributed by atoms with van der Waals surface area (Å²) in [6, 6.07) is 3.86. The average molecular weight is 689 g/mol. The fourth-order valence-corrected chi connectivity index (χ4v) is 5.85. The number of quaternary nitrogens is 1. The van der Waals surface area contributed by atoms with Crippen LogP contribution < -0.4 is 0 Å². The van der Waals surface area contributed by atoms with Crippen LogP contribution in [0.1, 0.15) is 141 Å². The van der Waals surface area contributed by atoms with Gasteiger partial charge in [-0.25, -0.2) is 4.57 Å². The van der Waals surface area contributed by atoms with Gasteiger partial charge in [-0.05, 0) is 31.4 Å². The molecular weight excluding hydrogens is 621 g/mol. The predicted octanol–water partition coefficient (Wildman–Crippen LogP) is 8.94. The zero-order valence-electron chi connectivity index (χ0n) is 30.1. The van der Waals surface area contributed by atoms with E-state index in [4.69, 9.17) is 22.9 Å². The van der Waals surface area contributed by atoms with Crippen molar-refractivity contribution in [3.05, 3.63) is 24.2 Å². The van der Waals surface area contributed by atoms with Crippen LogP contribution in [0.25, 0.3) is 0 Å². The normalized spacial score (nSPS) is 13.7. The van der Waals surface area contributed by atoms with Gasteiger partial charge < -0.3 is 23.3 Å². The molecular formula is C36H67NO9P+. The number of carbonyl (C=O) groups excluding carboxylic acids is 2. The second-order valence-corrected chi connectivity index (χ2v) is 15.2. The van der Waals surface area contributed by atoms with E-state index < -0.39 is 26.5 Å². The Morgan fingerprint density at radius 3 is 1.83 bits per heavy atom. The maximum absolute atomic E-state index is 12.6. The molecule has 1 heterocycles. The SMILES string of the molecule is CCCCCCCCCCCCCCCC(=O)OCC(COP(=O)(O)OCC[N+](C)(C)C)OC(=O)CCCCCCCc1ccco1. The van der Waals surface area contributed by atoms with E-state index in [2.05, 4.69) is 6.92 Å². The van der Waals surface area contributed by atoms with Crippen LogP contribution in [0.15, 0.2) is 22.8 Å². The smallest absolute Gasteiger partial charge is 0.469 e. The molecule has 0 aliphatic heterocycles. The lowest BCUT2D eigenvalue weighted by molar-refractivity contribution is -0.870. The first-order valence-corrected chi connectivity index (χ1v) is 19.8. The average Bonchev–Trinajstić information content (AvgIpc) is 3.53. The molecule has 0 spiro atoms. The summed E-state index contributed by atoms with van der Waals surface area (Å²) in [6.45, 7) is 2.12. The Balaban J connectivity index is 2.32. The van der Waals surface area contributed by atoms with Gasteiger partial charge in [0.15, 0.2) is 6.10 Å². The lowest BCUT2D eigenvalue weighted by atomic mass is 10.0. The van der Waals surface area contributed by atoms with Gasteiger partial charge in [-0.3, -0.25) is 18.6 Å². The van der Waals surface area contributed by atoms with Crippen LogP contribution in [0.3, 0.4) is 0 Å². The molecule has 0 amide bonds. The summed E-state index contributed by atoms with van der Waals surface area (Å²) in [4.78, 5) is 35.1. The summed E-state index contributed by atoms with van der Waals surface area (Å²) in [7, 11) is 1.45. The van der Waals surface area contributed by atoms with Crippen molar-refractivity contribution in [3.63, 3.8) is 0 Å². The van der Waals surface area contributed by atoms with Crippen molar-refractivity contribution in [2.45, 2.75) is 148 Å². The highest BCUT2D eigenvalue weighted by molar-refractivity contribution is 7.47. The van der Waals surface area contributed by atoms with Gasteiger partial charge in [0.05, 0.1) is 34.0 Å². The third-order valence-corrected chi connectivity index (χ3v) is 9.02. The van der Waals surface area contributed by atoms with Gasteiger partial charge in [0, 0.05) is 19.3 Å². The first-order chi connectivity index (χ1) is 22.5. The number of rotatable bonds is 32. The Hall–Kier alpha value is -1.71. The quantitative estimate of drug-likeness (QED) is 0.0342. The number of ether oxygens (including phenoxy) is 2. The number of hydrogen-bond donors (Lipinski definition) is 1. The van der Waals surface area contributed by atoms with E-state index in [9.17, 15) is 19.0 Å². The minimum Gasteiger partial charge on any atom is -0.469 e. The Kier molecular flexibility index (Phi) is 25.0. The second-order valence-electron chi connectivity index (χ2n) is 13.7. The van der Waals surface area contributed by atoms with E-state index in [1.807, 2.05) is 33.3 Å². The Morgan fingerprint density at radius 2 is 1.30 bits per heavy atom. The first kappa shape index (κ1) is 43.3. The summed E-state index contributed by atoms with van der Waals surface area (Å²) < 4.78 is 39.4. The van der Waals surface area contributed by atoms with E-state index in [1.165, 1.54) is 64.2 Å². The molecule has 1 rings (SSSR count). The maximum Gasteiger partial charge on any atom is 0.472 e. The van der Waals surface area contributed by atoms with Crippen LogP contribution in [-0.4, -0.2) is 74.9 Å². The molecule has 0 saturated heterocycles. The molecule has 274 valence electrons. The number of nitrogens with zero attached hydrogens (tertiary/aromatic N) is 1. The van der Waals surface area contributed by atoms with Crippen molar-refractivity contribution >= 4 is 19.8 Å². The Labute approximate surface area is 285 Å². The molecule has 10 nitrogen and oxygen atoms in total. The zero-order chi connectivity index (χ0) is 34.6. The van der Waals surface area contributed by atoms with Crippen LogP contribution in [0.4, 0.5) is 0 Å². The molecule has 0 radical (unpaired) electrons. The second kappa shape index (κ2) is 27.2. The van der Waals surface area contributed by atoms with Gasteiger partial charge in [0.25, 0.3) is 0 Å². The minimum atomic E-state index is -4.37. The van der Waals surface area contributed by atoms with Gasteiger partial charge in [-0.1, -0.05) is 103 Å². The lowest BCUT2D eigenvalue weighted by Crippen LogP contribution is -2.37. The summed E-state index contributed by atoms with van der Waals surface area (Å²) >= 11 is 0. The minimum absolute atomic E-state index is 0.0252. The molecule has 1 N–H and O–H groups in total. The van der Waals surface area contributed by atoms with Gasteiger partial charge >= 0.3 is 19.8 Å². The van der Waals surface area contributed by atoms with Crippen LogP contribution in [-0.2, 0) is 39.1 Å². The Bertz CT molecular complexity index is 949. The van der Waals surface area contributed by atoms with Crippen molar-refractivity contribution < 1.29 is 46.5 Å². The molecule has 0 aliphatic carbocycles. The fraction of sp³-hybridized carbons (Fsp3) is 0.833. The molecule has 0 fully saturated rings. The largest absolute Gasteiger partial charge is 0.472 e. The molecule has 2 atom stereocenters. The van der Waals surface area contributed by atoms with Crippen LogP contribution in [0.5, 0.6) is 0 Å². The number of phosphoric acid groups is 1. The third-order valence-electron chi connectivity index (χ3n) is 8.04. The molecule has 0 aliphatic rings. The Morgan fingerprint density at radius 1 is 0.766 bits per heavy atom. The number of unbranched alkanes of at least 4 members (excludes halogenated alkanes) is 16. The number of phosphoric ester groups is 1. The molecule has 0 aromatic carbocycles. The van der Waals surface area contributed by atoms with Crippen molar-refractivity contribution in [1.29, 1.82) is 0 Å². The van der Waals surface area contributed by atoms with E-state index in [-0.39, 0.29) is 32.0 Å². The summed E-state index contributed by atoms with van der Waals surface area (Å²) in [6.07, 6.45) is 22.6. The van der Waals surface area contributed by atoms with E-state index >= 15 is 0 Å². The number of hydrogen-bond acceptors (Lipinski definition) is 8. The van der Waals surface area contributed by atoms with Crippen LogP contribution >= 0.6 is 7.82 Å². The van der Waals surface area contributed by atoms with Gasteiger partial charge in [-0.2, -0.15) is 0 Å². The summed E-state index contributed by atoms with van der Waals surface area (Å²) in [5.41, 5.74) is 0. The van der Waals surface area contributed by atoms with Crippen LogP contribution in [0.2, 0.25) is 0 Å².